The SMILES string of the molecule is CC1OC(CC(C)(C)C)CC(C(C)(C)N)O1. The third kappa shape index (κ3) is 4.40. The van der Waals surface area contributed by atoms with Crippen LogP contribution in [0.3, 0.4) is 0 Å². The van der Waals surface area contributed by atoms with Crippen molar-refractivity contribution in [1.82, 2.24) is 0 Å². The molecule has 3 heteroatoms. The predicted molar refractivity (Wildman–Crippen MR) is 66.2 cm³/mol. The summed E-state index contributed by atoms with van der Waals surface area (Å²) in [5, 5.41) is 0. The van der Waals surface area contributed by atoms with Gasteiger partial charge in [-0.25, -0.2) is 0 Å². The van der Waals surface area contributed by atoms with Crippen LogP contribution in [0.5, 0.6) is 0 Å². The van der Waals surface area contributed by atoms with Crippen molar-refractivity contribution in [3.63, 3.8) is 0 Å². The molecular weight excluding hydrogens is 202 g/mol. The Morgan fingerprint density at radius 3 is 2.12 bits per heavy atom. The Bertz CT molecular complexity index is 227. The molecule has 1 saturated heterocycles. The highest BCUT2D eigenvalue weighted by atomic mass is 16.7. The smallest absolute Gasteiger partial charge is 0.155 e. The maximum Gasteiger partial charge on any atom is 0.155 e. The summed E-state index contributed by atoms with van der Waals surface area (Å²) >= 11 is 0. The largest absolute Gasteiger partial charge is 0.350 e. The summed E-state index contributed by atoms with van der Waals surface area (Å²) in [6.45, 7) is 12.7. The zero-order valence-corrected chi connectivity index (χ0v) is 11.5. The fourth-order valence-corrected chi connectivity index (χ4v) is 2.18. The van der Waals surface area contributed by atoms with E-state index >= 15 is 0 Å². The molecule has 1 aliphatic heterocycles. The first-order chi connectivity index (χ1) is 7.08. The van der Waals surface area contributed by atoms with Gasteiger partial charge in [0, 0.05) is 12.0 Å². The van der Waals surface area contributed by atoms with E-state index in [0.29, 0.717) is 0 Å². The van der Waals surface area contributed by atoms with E-state index < -0.39 is 0 Å². The second kappa shape index (κ2) is 4.63. The topological polar surface area (TPSA) is 44.5 Å². The fraction of sp³-hybridized carbons (Fsp3) is 1.00. The van der Waals surface area contributed by atoms with Gasteiger partial charge in [0.25, 0.3) is 0 Å². The molecule has 96 valence electrons. The van der Waals surface area contributed by atoms with Crippen LogP contribution in [-0.4, -0.2) is 24.0 Å². The van der Waals surface area contributed by atoms with Crippen molar-refractivity contribution in [2.75, 3.05) is 0 Å². The zero-order chi connectivity index (χ0) is 12.6. The highest BCUT2D eigenvalue weighted by Gasteiger charge is 2.36. The Morgan fingerprint density at radius 1 is 1.12 bits per heavy atom. The molecule has 1 aliphatic rings. The predicted octanol–water partition coefficient (Wildman–Crippen LogP) is 2.68. The first kappa shape index (κ1) is 13.9. The second-order valence-electron chi connectivity index (χ2n) is 6.77. The summed E-state index contributed by atoms with van der Waals surface area (Å²) in [7, 11) is 0. The van der Waals surface area contributed by atoms with Crippen LogP contribution in [0.25, 0.3) is 0 Å². The van der Waals surface area contributed by atoms with Crippen LogP contribution in [0.1, 0.15) is 54.4 Å². The number of hydrogen-bond donors (Lipinski definition) is 1. The van der Waals surface area contributed by atoms with Crippen molar-refractivity contribution in [1.29, 1.82) is 0 Å². The molecule has 0 spiro atoms. The third-order valence-electron chi connectivity index (χ3n) is 2.89. The lowest BCUT2D eigenvalue weighted by molar-refractivity contribution is -0.249. The van der Waals surface area contributed by atoms with Crippen LogP contribution in [0.4, 0.5) is 0 Å². The molecule has 0 aromatic carbocycles. The third-order valence-corrected chi connectivity index (χ3v) is 2.89. The molecule has 0 bridgehead atoms. The summed E-state index contributed by atoms with van der Waals surface area (Å²) in [5.41, 5.74) is 6.10. The van der Waals surface area contributed by atoms with Crippen LogP contribution >= 0.6 is 0 Å². The molecular formula is C13H27NO2. The lowest BCUT2D eigenvalue weighted by atomic mass is 9.84. The van der Waals surface area contributed by atoms with Crippen LogP contribution in [-0.2, 0) is 9.47 Å². The zero-order valence-electron chi connectivity index (χ0n) is 11.5. The van der Waals surface area contributed by atoms with Gasteiger partial charge in [-0.3, -0.25) is 0 Å². The number of hydrogen-bond acceptors (Lipinski definition) is 3. The van der Waals surface area contributed by atoms with E-state index in [1.165, 1.54) is 0 Å². The minimum atomic E-state index is -0.297. The van der Waals surface area contributed by atoms with Crippen LogP contribution < -0.4 is 5.73 Å². The summed E-state index contributed by atoms with van der Waals surface area (Å²) in [6.07, 6.45) is 2.15. The first-order valence-corrected chi connectivity index (χ1v) is 6.18. The lowest BCUT2D eigenvalue weighted by Crippen LogP contribution is -2.53. The molecule has 3 unspecified atom stereocenters. The summed E-state index contributed by atoms with van der Waals surface area (Å²) < 4.78 is 11.6. The summed E-state index contributed by atoms with van der Waals surface area (Å²) in [4.78, 5) is 0. The monoisotopic (exact) mass is 229 g/mol. The summed E-state index contributed by atoms with van der Waals surface area (Å²) in [5.74, 6) is 0. The van der Waals surface area contributed by atoms with Gasteiger partial charge in [-0.05, 0) is 32.6 Å². The molecule has 1 fully saturated rings. The summed E-state index contributed by atoms with van der Waals surface area (Å²) in [6, 6.07) is 0. The van der Waals surface area contributed by atoms with Gasteiger partial charge in [0.05, 0.1) is 12.2 Å². The van der Waals surface area contributed by atoms with Crippen molar-refractivity contribution in [2.45, 2.75) is 78.4 Å². The lowest BCUT2D eigenvalue weighted by Gasteiger charge is -2.42. The van der Waals surface area contributed by atoms with Crippen molar-refractivity contribution in [3.8, 4) is 0 Å². The van der Waals surface area contributed by atoms with Crippen molar-refractivity contribution < 1.29 is 9.47 Å². The van der Waals surface area contributed by atoms with Crippen molar-refractivity contribution in [3.05, 3.63) is 0 Å². The van der Waals surface area contributed by atoms with E-state index in [1.54, 1.807) is 0 Å². The molecule has 0 aromatic heterocycles. The van der Waals surface area contributed by atoms with Gasteiger partial charge in [0.2, 0.25) is 0 Å². The first-order valence-electron chi connectivity index (χ1n) is 6.18. The molecule has 0 amide bonds. The van der Waals surface area contributed by atoms with Gasteiger partial charge >= 0.3 is 0 Å². The Balaban J connectivity index is 2.61. The number of ether oxygens (including phenoxy) is 2. The van der Waals surface area contributed by atoms with Crippen LogP contribution in [0.2, 0.25) is 0 Å². The maximum atomic E-state index is 6.12. The molecule has 0 aromatic rings. The van der Waals surface area contributed by atoms with Crippen LogP contribution in [0.15, 0.2) is 0 Å². The van der Waals surface area contributed by atoms with E-state index in [-0.39, 0.29) is 29.5 Å². The van der Waals surface area contributed by atoms with E-state index in [4.69, 9.17) is 15.2 Å². The molecule has 3 atom stereocenters. The molecule has 16 heavy (non-hydrogen) atoms. The standard InChI is InChI=1S/C13H27NO2/c1-9-15-10(8-12(2,3)4)7-11(16-9)13(5,6)14/h9-11H,7-8,14H2,1-6H3. The average Bonchev–Trinajstić information content (AvgIpc) is 1.97. The highest BCUT2D eigenvalue weighted by Crippen LogP contribution is 2.31. The molecule has 3 nitrogen and oxygen atoms in total. The van der Waals surface area contributed by atoms with Crippen molar-refractivity contribution in [2.24, 2.45) is 11.1 Å². The molecule has 0 aliphatic carbocycles. The minimum absolute atomic E-state index is 0.0867. The molecule has 2 N–H and O–H groups in total. The molecule has 0 radical (unpaired) electrons. The van der Waals surface area contributed by atoms with E-state index in [2.05, 4.69) is 20.8 Å². The van der Waals surface area contributed by atoms with E-state index in [9.17, 15) is 0 Å². The van der Waals surface area contributed by atoms with Gasteiger partial charge in [-0.1, -0.05) is 20.8 Å². The van der Waals surface area contributed by atoms with Gasteiger partial charge in [-0.2, -0.15) is 0 Å². The highest BCUT2D eigenvalue weighted by molar-refractivity contribution is 4.88. The van der Waals surface area contributed by atoms with Gasteiger partial charge < -0.3 is 15.2 Å². The normalized spacial score (nSPS) is 32.8. The minimum Gasteiger partial charge on any atom is -0.350 e. The quantitative estimate of drug-likeness (QED) is 0.791. The number of rotatable bonds is 2. The van der Waals surface area contributed by atoms with Crippen molar-refractivity contribution >= 4 is 0 Å². The maximum absolute atomic E-state index is 6.12. The Hall–Kier alpha value is -0.120. The Kier molecular flexibility index (Phi) is 4.04. The van der Waals surface area contributed by atoms with Crippen LogP contribution in [0, 0.1) is 5.41 Å². The molecule has 0 saturated carbocycles. The van der Waals surface area contributed by atoms with E-state index in [0.717, 1.165) is 12.8 Å². The van der Waals surface area contributed by atoms with E-state index in [1.807, 2.05) is 20.8 Å². The fourth-order valence-electron chi connectivity index (χ4n) is 2.18. The Morgan fingerprint density at radius 2 is 1.69 bits per heavy atom. The molecule has 1 heterocycles. The van der Waals surface area contributed by atoms with Gasteiger partial charge in [0.15, 0.2) is 6.29 Å². The Labute approximate surface area is 99.7 Å². The number of nitrogens with two attached hydrogens (primary N) is 1. The average molecular weight is 229 g/mol. The molecule has 1 rings (SSSR count). The second-order valence-corrected chi connectivity index (χ2v) is 6.77. The van der Waals surface area contributed by atoms with Gasteiger partial charge in [-0.15, -0.1) is 0 Å². The van der Waals surface area contributed by atoms with Gasteiger partial charge in [0.1, 0.15) is 0 Å².